The first kappa shape index (κ1) is 15.0. The predicted molar refractivity (Wildman–Crippen MR) is 85.4 cm³/mol. The second-order valence-corrected chi connectivity index (χ2v) is 6.89. The van der Waals surface area contributed by atoms with Crippen molar-refractivity contribution in [2.75, 3.05) is 5.32 Å². The van der Waals surface area contributed by atoms with Crippen molar-refractivity contribution in [2.45, 2.75) is 38.4 Å². The number of hydrogen-bond acceptors (Lipinski definition) is 5. The third kappa shape index (κ3) is 3.45. The second kappa shape index (κ2) is 5.70. The van der Waals surface area contributed by atoms with Crippen molar-refractivity contribution in [3.05, 3.63) is 40.9 Å². The van der Waals surface area contributed by atoms with Gasteiger partial charge in [-0.15, -0.1) is 0 Å². The van der Waals surface area contributed by atoms with Crippen LogP contribution in [0.25, 0.3) is 0 Å². The number of aliphatic hydroxyl groups is 1. The van der Waals surface area contributed by atoms with Crippen LogP contribution in [0.3, 0.4) is 0 Å². The van der Waals surface area contributed by atoms with Crippen molar-refractivity contribution >= 4 is 22.4 Å². The van der Waals surface area contributed by atoms with Crippen LogP contribution in [0.15, 0.2) is 30.5 Å². The van der Waals surface area contributed by atoms with E-state index in [1.165, 1.54) is 11.3 Å². The molecule has 0 saturated heterocycles. The molecule has 1 aromatic heterocycles. The van der Waals surface area contributed by atoms with Gasteiger partial charge in [0.25, 0.3) is 5.91 Å². The molecule has 0 unspecified atom stereocenters. The number of aromatic nitrogens is 1. The number of ether oxygens (including phenoxy) is 1. The summed E-state index contributed by atoms with van der Waals surface area (Å²) in [6.07, 6.45) is 3.89. The highest BCUT2D eigenvalue weighted by Gasteiger charge is 2.26. The molecule has 1 aromatic carbocycles. The number of nitrogens with zero attached hydrogens (tertiary/aromatic N) is 1. The van der Waals surface area contributed by atoms with E-state index in [2.05, 4.69) is 10.3 Å². The first-order valence-corrected chi connectivity index (χ1v) is 8.01. The summed E-state index contributed by atoms with van der Waals surface area (Å²) in [4.78, 5) is 17.2. The molecule has 1 aliphatic rings. The zero-order chi connectivity index (χ0) is 15.7. The number of hydrogen-bond donors (Lipinski definition) is 2. The highest BCUT2D eigenvalue weighted by Crippen LogP contribution is 2.31. The number of rotatable bonds is 5. The molecular weight excluding hydrogens is 300 g/mol. The van der Waals surface area contributed by atoms with Gasteiger partial charge in [0.05, 0.1) is 22.1 Å². The van der Waals surface area contributed by atoms with E-state index in [9.17, 15) is 9.90 Å². The first-order valence-electron chi connectivity index (χ1n) is 7.19. The topological polar surface area (TPSA) is 71.5 Å². The molecule has 22 heavy (non-hydrogen) atoms. The van der Waals surface area contributed by atoms with Crippen LogP contribution in [-0.4, -0.2) is 22.1 Å². The van der Waals surface area contributed by atoms with Gasteiger partial charge in [0.1, 0.15) is 5.75 Å². The average Bonchev–Trinajstić information content (AvgIpc) is 3.13. The summed E-state index contributed by atoms with van der Waals surface area (Å²) in [7, 11) is 0. The quantitative estimate of drug-likeness (QED) is 0.888. The lowest BCUT2D eigenvalue weighted by Gasteiger charge is -2.13. The summed E-state index contributed by atoms with van der Waals surface area (Å²) < 4.78 is 5.76. The van der Waals surface area contributed by atoms with Gasteiger partial charge < -0.3 is 9.84 Å². The molecule has 1 saturated carbocycles. The highest BCUT2D eigenvalue weighted by atomic mass is 32.1. The SMILES string of the molecule is CC(C)(O)c1cnc(NC(=O)c2ccccc2OC2CC2)s1. The van der Waals surface area contributed by atoms with Gasteiger partial charge in [0.15, 0.2) is 5.13 Å². The van der Waals surface area contributed by atoms with Crippen LogP contribution in [0.2, 0.25) is 0 Å². The van der Waals surface area contributed by atoms with Crippen molar-refractivity contribution in [2.24, 2.45) is 0 Å². The molecule has 1 aliphatic carbocycles. The van der Waals surface area contributed by atoms with Crippen LogP contribution < -0.4 is 10.1 Å². The summed E-state index contributed by atoms with van der Waals surface area (Å²) in [5.41, 5.74) is -0.470. The maximum absolute atomic E-state index is 12.4. The standard InChI is InChI=1S/C16H18N2O3S/c1-16(2,20)13-9-17-15(22-13)18-14(19)11-5-3-4-6-12(11)21-10-7-8-10/h3-6,9-10,20H,7-8H2,1-2H3,(H,17,18,19). The number of nitrogens with one attached hydrogen (secondary N) is 1. The van der Waals surface area contributed by atoms with Crippen LogP contribution in [0.4, 0.5) is 5.13 Å². The van der Waals surface area contributed by atoms with E-state index in [4.69, 9.17) is 4.74 Å². The molecule has 116 valence electrons. The molecule has 2 aromatic rings. The number of anilines is 1. The van der Waals surface area contributed by atoms with Gasteiger partial charge in [-0.3, -0.25) is 10.1 Å². The molecule has 0 bridgehead atoms. The van der Waals surface area contributed by atoms with Gasteiger partial charge >= 0.3 is 0 Å². The van der Waals surface area contributed by atoms with Gasteiger partial charge in [-0.1, -0.05) is 23.5 Å². The third-order valence-corrected chi connectivity index (χ3v) is 4.50. The minimum absolute atomic E-state index is 0.232. The molecule has 1 amide bonds. The lowest BCUT2D eigenvalue weighted by atomic mass is 10.1. The van der Waals surface area contributed by atoms with Crippen LogP contribution >= 0.6 is 11.3 Å². The summed E-state index contributed by atoms with van der Waals surface area (Å²) >= 11 is 1.26. The lowest BCUT2D eigenvalue weighted by molar-refractivity contribution is 0.0823. The van der Waals surface area contributed by atoms with E-state index < -0.39 is 5.60 Å². The van der Waals surface area contributed by atoms with Crippen molar-refractivity contribution in [1.29, 1.82) is 0 Å². The Morgan fingerprint density at radius 3 is 2.77 bits per heavy atom. The molecule has 0 spiro atoms. The molecule has 5 nitrogen and oxygen atoms in total. The molecule has 1 heterocycles. The third-order valence-electron chi connectivity index (χ3n) is 3.28. The van der Waals surface area contributed by atoms with Crippen molar-refractivity contribution in [3.63, 3.8) is 0 Å². The van der Waals surface area contributed by atoms with Gasteiger partial charge in [-0.05, 0) is 38.8 Å². The van der Waals surface area contributed by atoms with Crippen molar-refractivity contribution < 1.29 is 14.6 Å². The normalized spacial score (nSPS) is 14.7. The van der Waals surface area contributed by atoms with Gasteiger partial charge in [-0.2, -0.15) is 0 Å². The van der Waals surface area contributed by atoms with Crippen molar-refractivity contribution in [1.82, 2.24) is 4.98 Å². The van der Waals surface area contributed by atoms with Gasteiger partial charge in [0.2, 0.25) is 0 Å². The average molecular weight is 318 g/mol. The van der Waals surface area contributed by atoms with E-state index >= 15 is 0 Å². The number of thiazole rings is 1. The molecule has 1 fully saturated rings. The fraction of sp³-hybridized carbons (Fsp3) is 0.375. The van der Waals surface area contributed by atoms with E-state index in [1.54, 1.807) is 38.2 Å². The fourth-order valence-corrected chi connectivity index (χ4v) is 2.71. The fourth-order valence-electron chi connectivity index (χ4n) is 1.90. The smallest absolute Gasteiger partial charge is 0.261 e. The second-order valence-electron chi connectivity index (χ2n) is 5.86. The van der Waals surface area contributed by atoms with E-state index in [0.717, 1.165) is 12.8 Å². The van der Waals surface area contributed by atoms with Crippen LogP contribution in [0.5, 0.6) is 5.75 Å². The molecule has 3 rings (SSSR count). The minimum Gasteiger partial charge on any atom is -0.490 e. The number of carbonyl (C=O) groups is 1. The van der Waals surface area contributed by atoms with E-state index in [1.807, 2.05) is 6.07 Å². The highest BCUT2D eigenvalue weighted by molar-refractivity contribution is 7.15. The largest absolute Gasteiger partial charge is 0.490 e. The maximum Gasteiger partial charge on any atom is 0.261 e. The summed E-state index contributed by atoms with van der Waals surface area (Å²) in [5, 5.41) is 13.2. The zero-order valence-electron chi connectivity index (χ0n) is 12.5. The van der Waals surface area contributed by atoms with Crippen LogP contribution in [0, 0.1) is 0 Å². The Morgan fingerprint density at radius 1 is 1.41 bits per heavy atom. The summed E-state index contributed by atoms with van der Waals surface area (Å²) in [6.45, 7) is 3.37. The lowest BCUT2D eigenvalue weighted by Crippen LogP contribution is -2.14. The predicted octanol–water partition coefficient (Wildman–Crippen LogP) is 3.16. The van der Waals surface area contributed by atoms with Crippen LogP contribution in [0.1, 0.15) is 41.9 Å². The Morgan fingerprint density at radius 2 is 2.14 bits per heavy atom. The zero-order valence-corrected chi connectivity index (χ0v) is 13.3. The van der Waals surface area contributed by atoms with E-state index in [-0.39, 0.29) is 12.0 Å². The Bertz CT molecular complexity index is 687. The first-order chi connectivity index (χ1) is 10.4. The van der Waals surface area contributed by atoms with Crippen LogP contribution in [-0.2, 0) is 5.60 Å². The molecule has 0 aliphatic heterocycles. The Labute approximate surface area is 133 Å². The van der Waals surface area contributed by atoms with Crippen molar-refractivity contribution in [3.8, 4) is 5.75 Å². The van der Waals surface area contributed by atoms with E-state index in [0.29, 0.717) is 21.3 Å². The number of para-hydroxylation sites is 1. The molecule has 2 N–H and O–H groups in total. The maximum atomic E-state index is 12.4. The molecule has 0 atom stereocenters. The summed E-state index contributed by atoms with van der Waals surface area (Å²) in [6, 6.07) is 7.19. The Hall–Kier alpha value is -1.92. The van der Waals surface area contributed by atoms with Gasteiger partial charge in [0, 0.05) is 6.20 Å². The minimum atomic E-state index is -0.965. The number of carbonyl (C=O) groups excluding carboxylic acids is 1. The summed E-state index contributed by atoms with van der Waals surface area (Å²) in [5.74, 6) is 0.342. The Balaban J connectivity index is 1.75. The Kier molecular flexibility index (Phi) is 3.88. The molecule has 0 radical (unpaired) electrons. The molecular formula is C16H18N2O3S. The van der Waals surface area contributed by atoms with Gasteiger partial charge in [-0.25, -0.2) is 4.98 Å². The molecule has 6 heteroatoms. The number of benzene rings is 1. The number of amides is 1. The monoisotopic (exact) mass is 318 g/mol.